The van der Waals surface area contributed by atoms with Gasteiger partial charge in [-0.3, -0.25) is 0 Å². The molecule has 0 fully saturated rings. The highest BCUT2D eigenvalue weighted by Gasteiger charge is 2.15. The largest absolute Gasteiger partial charge is 0.444 e. The highest BCUT2D eigenvalue weighted by molar-refractivity contribution is 5.67. The number of carbonyl (C=O) groups is 1. The Morgan fingerprint density at radius 3 is 2.53 bits per heavy atom. The van der Waals surface area contributed by atoms with Gasteiger partial charge in [-0.1, -0.05) is 12.2 Å². The van der Waals surface area contributed by atoms with Crippen LogP contribution >= 0.6 is 0 Å². The third-order valence-corrected chi connectivity index (χ3v) is 2.46. The molecule has 0 spiro atoms. The topological polar surface area (TPSA) is 50.4 Å². The standard InChI is InChI=1S/C13H24N2O2/c1-13(2,3)17-12(16)15-10-6-9-14-11-7-4-5-8-11/h4-5,11,14H,6-10H2,1-3H3,(H,15,16). The molecule has 0 aromatic carbocycles. The Morgan fingerprint density at radius 1 is 1.29 bits per heavy atom. The smallest absolute Gasteiger partial charge is 0.407 e. The lowest BCUT2D eigenvalue weighted by molar-refractivity contribution is 0.0527. The van der Waals surface area contributed by atoms with Crippen LogP contribution in [0.2, 0.25) is 0 Å². The molecule has 1 rings (SSSR count). The summed E-state index contributed by atoms with van der Waals surface area (Å²) in [4.78, 5) is 11.3. The molecule has 0 aromatic heterocycles. The second-order valence-electron chi connectivity index (χ2n) is 5.38. The molecule has 17 heavy (non-hydrogen) atoms. The molecule has 4 heteroatoms. The van der Waals surface area contributed by atoms with Crippen LogP contribution in [0.1, 0.15) is 40.0 Å². The van der Waals surface area contributed by atoms with E-state index in [1.54, 1.807) is 0 Å². The zero-order valence-corrected chi connectivity index (χ0v) is 11.1. The van der Waals surface area contributed by atoms with Crippen molar-refractivity contribution in [3.05, 3.63) is 12.2 Å². The molecule has 0 atom stereocenters. The zero-order valence-electron chi connectivity index (χ0n) is 11.1. The van der Waals surface area contributed by atoms with Gasteiger partial charge < -0.3 is 15.4 Å². The van der Waals surface area contributed by atoms with Crippen molar-refractivity contribution in [1.82, 2.24) is 10.6 Å². The summed E-state index contributed by atoms with van der Waals surface area (Å²) in [6.07, 6.45) is 7.25. The quantitative estimate of drug-likeness (QED) is 0.572. The molecule has 0 bridgehead atoms. The van der Waals surface area contributed by atoms with Crippen molar-refractivity contribution in [2.24, 2.45) is 0 Å². The molecule has 0 aliphatic heterocycles. The van der Waals surface area contributed by atoms with E-state index in [4.69, 9.17) is 4.74 Å². The van der Waals surface area contributed by atoms with Gasteiger partial charge in [0.25, 0.3) is 0 Å². The van der Waals surface area contributed by atoms with E-state index in [1.807, 2.05) is 20.8 Å². The number of amides is 1. The summed E-state index contributed by atoms with van der Waals surface area (Å²) in [5.41, 5.74) is -0.419. The summed E-state index contributed by atoms with van der Waals surface area (Å²) < 4.78 is 5.14. The van der Waals surface area contributed by atoms with E-state index < -0.39 is 5.60 Å². The Morgan fingerprint density at radius 2 is 1.94 bits per heavy atom. The third kappa shape index (κ3) is 7.00. The van der Waals surface area contributed by atoms with Crippen LogP contribution in [-0.2, 0) is 4.74 Å². The van der Waals surface area contributed by atoms with E-state index in [-0.39, 0.29) is 6.09 Å². The summed E-state index contributed by atoms with van der Waals surface area (Å²) in [7, 11) is 0. The van der Waals surface area contributed by atoms with Crippen LogP contribution in [0, 0.1) is 0 Å². The molecule has 0 aromatic rings. The van der Waals surface area contributed by atoms with Gasteiger partial charge in [-0.2, -0.15) is 0 Å². The summed E-state index contributed by atoms with van der Waals surface area (Å²) in [5.74, 6) is 0. The van der Waals surface area contributed by atoms with Gasteiger partial charge in [-0.25, -0.2) is 4.79 Å². The average molecular weight is 240 g/mol. The first-order valence-electron chi connectivity index (χ1n) is 6.32. The predicted molar refractivity (Wildman–Crippen MR) is 69.0 cm³/mol. The first kappa shape index (κ1) is 14.0. The second kappa shape index (κ2) is 6.64. The molecule has 0 saturated heterocycles. The van der Waals surface area contributed by atoms with Crippen LogP contribution in [0.4, 0.5) is 4.79 Å². The fourth-order valence-electron chi connectivity index (χ4n) is 1.68. The Kier molecular flexibility index (Phi) is 5.48. The molecule has 0 heterocycles. The minimum Gasteiger partial charge on any atom is -0.444 e. The maximum atomic E-state index is 11.3. The average Bonchev–Trinajstić information content (AvgIpc) is 2.67. The van der Waals surface area contributed by atoms with Gasteiger partial charge in [0.2, 0.25) is 0 Å². The molecule has 1 aliphatic carbocycles. The Balaban J connectivity index is 1.95. The van der Waals surface area contributed by atoms with Crippen molar-refractivity contribution in [3.63, 3.8) is 0 Å². The molecular weight excluding hydrogens is 216 g/mol. The van der Waals surface area contributed by atoms with E-state index in [0.29, 0.717) is 12.6 Å². The van der Waals surface area contributed by atoms with E-state index in [2.05, 4.69) is 22.8 Å². The number of rotatable bonds is 5. The highest BCUT2D eigenvalue weighted by atomic mass is 16.6. The van der Waals surface area contributed by atoms with E-state index >= 15 is 0 Å². The van der Waals surface area contributed by atoms with Gasteiger partial charge in [0.05, 0.1) is 0 Å². The van der Waals surface area contributed by atoms with E-state index in [0.717, 1.165) is 25.8 Å². The zero-order chi connectivity index (χ0) is 12.7. The SMILES string of the molecule is CC(C)(C)OC(=O)NCCCNC1CC=CC1. The fourth-order valence-corrected chi connectivity index (χ4v) is 1.68. The first-order chi connectivity index (χ1) is 7.97. The van der Waals surface area contributed by atoms with Crippen LogP contribution in [-0.4, -0.2) is 30.8 Å². The van der Waals surface area contributed by atoms with Crippen LogP contribution in [0.25, 0.3) is 0 Å². The Hall–Kier alpha value is -1.03. The lowest BCUT2D eigenvalue weighted by Crippen LogP contribution is -2.35. The molecule has 0 radical (unpaired) electrons. The van der Waals surface area contributed by atoms with Crippen LogP contribution in [0.15, 0.2) is 12.2 Å². The van der Waals surface area contributed by atoms with E-state index in [1.165, 1.54) is 0 Å². The van der Waals surface area contributed by atoms with Gasteiger partial charge in [-0.05, 0) is 46.6 Å². The monoisotopic (exact) mass is 240 g/mol. The number of hydrogen-bond donors (Lipinski definition) is 2. The van der Waals surface area contributed by atoms with Gasteiger partial charge >= 0.3 is 6.09 Å². The highest BCUT2D eigenvalue weighted by Crippen LogP contribution is 2.08. The van der Waals surface area contributed by atoms with Crippen molar-refractivity contribution in [2.45, 2.75) is 51.7 Å². The molecule has 1 amide bonds. The minimum absolute atomic E-state index is 0.333. The molecule has 0 unspecified atom stereocenters. The summed E-state index contributed by atoms with van der Waals surface area (Å²) in [6.45, 7) is 7.17. The summed E-state index contributed by atoms with van der Waals surface area (Å²) >= 11 is 0. The molecule has 98 valence electrons. The fraction of sp³-hybridized carbons (Fsp3) is 0.769. The maximum absolute atomic E-state index is 11.3. The molecule has 1 aliphatic rings. The number of hydrogen-bond acceptors (Lipinski definition) is 3. The maximum Gasteiger partial charge on any atom is 0.407 e. The number of carbonyl (C=O) groups excluding carboxylic acids is 1. The summed E-state index contributed by atoms with van der Waals surface area (Å²) in [5, 5.41) is 6.20. The summed E-state index contributed by atoms with van der Waals surface area (Å²) in [6, 6.07) is 0.594. The predicted octanol–water partition coefficient (Wildman–Crippen LogP) is 2.21. The molecule has 4 nitrogen and oxygen atoms in total. The van der Waals surface area contributed by atoms with E-state index in [9.17, 15) is 4.79 Å². The van der Waals surface area contributed by atoms with Crippen molar-refractivity contribution >= 4 is 6.09 Å². The Labute approximate surface area is 104 Å². The second-order valence-corrected chi connectivity index (χ2v) is 5.38. The minimum atomic E-state index is -0.419. The van der Waals surface area contributed by atoms with Gasteiger partial charge in [0, 0.05) is 12.6 Å². The first-order valence-corrected chi connectivity index (χ1v) is 6.32. The third-order valence-electron chi connectivity index (χ3n) is 2.46. The molecular formula is C13H24N2O2. The lowest BCUT2D eigenvalue weighted by Gasteiger charge is -2.19. The van der Waals surface area contributed by atoms with Crippen LogP contribution in [0.5, 0.6) is 0 Å². The lowest BCUT2D eigenvalue weighted by atomic mass is 10.2. The van der Waals surface area contributed by atoms with Gasteiger partial charge in [0.1, 0.15) is 5.60 Å². The molecule has 2 N–H and O–H groups in total. The van der Waals surface area contributed by atoms with Gasteiger partial charge in [-0.15, -0.1) is 0 Å². The van der Waals surface area contributed by atoms with Crippen molar-refractivity contribution in [2.75, 3.05) is 13.1 Å². The normalized spacial score (nSPS) is 16.2. The van der Waals surface area contributed by atoms with Gasteiger partial charge in [0.15, 0.2) is 0 Å². The van der Waals surface area contributed by atoms with Crippen molar-refractivity contribution in [1.29, 1.82) is 0 Å². The number of nitrogens with one attached hydrogen (secondary N) is 2. The number of ether oxygens (including phenoxy) is 1. The Bertz CT molecular complexity index is 261. The number of alkyl carbamates (subject to hydrolysis) is 1. The van der Waals surface area contributed by atoms with Crippen LogP contribution < -0.4 is 10.6 Å². The molecule has 0 saturated carbocycles. The van der Waals surface area contributed by atoms with Crippen molar-refractivity contribution in [3.8, 4) is 0 Å². The van der Waals surface area contributed by atoms with Crippen molar-refractivity contribution < 1.29 is 9.53 Å². The van der Waals surface area contributed by atoms with Crippen LogP contribution in [0.3, 0.4) is 0 Å².